The van der Waals surface area contributed by atoms with Crippen LogP contribution in [0, 0.1) is 0 Å². The lowest BCUT2D eigenvalue weighted by molar-refractivity contribution is -0.135. The normalized spacial score (nSPS) is 23.9. The van der Waals surface area contributed by atoms with Gasteiger partial charge >= 0.3 is 0 Å². The van der Waals surface area contributed by atoms with E-state index in [9.17, 15) is 4.79 Å². The summed E-state index contributed by atoms with van der Waals surface area (Å²) < 4.78 is 0. The molecular weight excluding hydrogens is 164 g/mol. The highest BCUT2D eigenvalue weighted by Crippen LogP contribution is 2.17. The number of hydrogen-bond donors (Lipinski definition) is 0. The van der Waals surface area contributed by atoms with Crippen LogP contribution in [-0.4, -0.2) is 48.4 Å². The Bertz CT molecular complexity index is 191. The molecule has 0 N–H and O–H groups in total. The van der Waals surface area contributed by atoms with Gasteiger partial charge in [0.15, 0.2) is 0 Å². The number of likely N-dealkylation sites (N-methyl/N-ethyl adjacent to an activating group) is 2. The van der Waals surface area contributed by atoms with E-state index in [1.165, 1.54) is 0 Å². The fourth-order valence-corrected chi connectivity index (χ4v) is 1.71. The van der Waals surface area contributed by atoms with Crippen molar-refractivity contribution in [3.63, 3.8) is 0 Å². The average Bonchev–Trinajstić information content (AvgIpc) is 2.48. The Morgan fingerprint density at radius 3 is 2.54 bits per heavy atom. The molecular formula is C10H20N2O. The van der Waals surface area contributed by atoms with Crippen LogP contribution in [0.25, 0.3) is 0 Å². The maximum absolute atomic E-state index is 11.9. The molecule has 76 valence electrons. The van der Waals surface area contributed by atoms with E-state index in [0.29, 0.717) is 6.04 Å². The topological polar surface area (TPSA) is 23.6 Å². The zero-order valence-corrected chi connectivity index (χ0v) is 9.08. The lowest BCUT2D eigenvalue weighted by Gasteiger charge is -2.27. The van der Waals surface area contributed by atoms with E-state index in [4.69, 9.17) is 0 Å². The smallest absolute Gasteiger partial charge is 0.239 e. The first-order valence-electron chi connectivity index (χ1n) is 5.01. The number of likely N-dealkylation sites (tertiary alicyclic amines) is 1. The van der Waals surface area contributed by atoms with Crippen LogP contribution in [0.4, 0.5) is 0 Å². The zero-order chi connectivity index (χ0) is 10.0. The SMILES string of the molecule is CC(C)N(C)C(=O)[C@@H]1CCCN1C. The maximum Gasteiger partial charge on any atom is 0.239 e. The molecule has 0 aliphatic carbocycles. The van der Waals surface area contributed by atoms with E-state index in [1.807, 2.05) is 32.8 Å². The van der Waals surface area contributed by atoms with Crippen LogP contribution in [0.1, 0.15) is 26.7 Å². The lowest BCUT2D eigenvalue weighted by atomic mass is 10.2. The van der Waals surface area contributed by atoms with Crippen molar-refractivity contribution < 1.29 is 4.79 Å². The zero-order valence-electron chi connectivity index (χ0n) is 9.08. The second-order valence-electron chi connectivity index (χ2n) is 4.18. The Hall–Kier alpha value is -0.570. The molecule has 1 aliphatic heterocycles. The summed E-state index contributed by atoms with van der Waals surface area (Å²) in [6.07, 6.45) is 2.17. The molecule has 1 fully saturated rings. The summed E-state index contributed by atoms with van der Waals surface area (Å²) >= 11 is 0. The summed E-state index contributed by atoms with van der Waals surface area (Å²) in [5, 5.41) is 0. The molecule has 0 radical (unpaired) electrons. The van der Waals surface area contributed by atoms with Crippen LogP contribution in [0.15, 0.2) is 0 Å². The first-order chi connectivity index (χ1) is 6.04. The minimum Gasteiger partial charge on any atom is -0.342 e. The van der Waals surface area contributed by atoms with Gasteiger partial charge in [-0.1, -0.05) is 0 Å². The van der Waals surface area contributed by atoms with E-state index in [-0.39, 0.29) is 11.9 Å². The molecule has 13 heavy (non-hydrogen) atoms. The second-order valence-corrected chi connectivity index (χ2v) is 4.18. The Balaban J connectivity index is 2.56. The van der Waals surface area contributed by atoms with Crippen LogP contribution >= 0.6 is 0 Å². The molecule has 3 heteroatoms. The largest absolute Gasteiger partial charge is 0.342 e. The molecule has 3 nitrogen and oxygen atoms in total. The first-order valence-corrected chi connectivity index (χ1v) is 5.01. The molecule has 1 rings (SSSR count). The summed E-state index contributed by atoms with van der Waals surface area (Å²) in [6, 6.07) is 0.439. The minimum absolute atomic E-state index is 0.132. The Morgan fingerprint density at radius 2 is 2.15 bits per heavy atom. The van der Waals surface area contributed by atoms with Gasteiger partial charge in [0, 0.05) is 13.1 Å². The van der Waals surface area contributed by atoms with Gasteiger partial charge in [-0.15, -0.1) is 0 Å². The fraction of sp³-hybridized carbons (Fsp3) is 0.900. The van der Waals surface area contributed by atoms with Crippen LogP contribution in [0.2, 0.25) is 0 Å². The van der Waals surface area contributed by atoms with Crippen LogP contribution < -0.4 is 0 Å². The first kappa shape index (κ1) is 10.5. The van der Waals surface area contributed by atoms with E-state index >= 15 is 0 Å². The van der Waals surface area contributed by atoms with Crippen molar-refractivity contribution in [3.05, 3.63) is 0 Å². The van der Waals surface area contributed by atoms with E-state index in [2.05, 4.69) is 4.90 Å². The molecule has 0 aromatic carbocycles. The van der Waals surface area contributed by atoms with Gasteiger partial charge in [0.25, 0.3) is 0 Å². The summed E-state index contributed by atoms with van der Waals surface area (Å²) in [6.45, 7) is 5.15. The van der Waals surface area contributed by atoms with Crippen molar-refractivity contribution >= 4 is 5.91 Å². The number of carbonyl (C=O) groups excluding carboxylic acids is 1. The lowest BCUT2D eigenvalue weighted by Crippen LogP contribution is -2.45. The van der Waals surface area contributed by atoms with E-state index < -0.39 is 0 Å². The van der Waals surface area contributed by atoms with Crippen molar-refractivity contribution in [1.29, 1.82) is 0 Å². The highest BCUT2D eigenvalue weighted by atomic mass is 16.2. The minimum atomic E-state index is 0.132. The molecule has 1 heterocycles. The maximum atomic E-state index is 11.9. The third kappa shape index (κ3) is 2.21. The van der Waals surface area contributed by atoms with Gasteiger partial charge in [-0.3, -0.25) is 9.69 Å². The van der Waals surface area contributed by atoms with E-state index in [0.717, 1.165) is 19.4 Å². The fourth-order valence-electron chi connectivity index (χ4n) is 1.71. The van der Waals surface area contributed by atoms with Gasteiger partial charge in [-0.05, 0) is 40.3 Å². The second kappa shape index (κ2) is 4.09. The molecule has 0 saturated carbocycles. The number of carbonyl (C=O) groups is 1. The summed E-state index contributed by atoms with van der Waals surface area (Å²) in [7, 11) is 3.92. The monoisotopic (exact) mass is 184 g/mol. The Kier molecular flexibility index (Phi) is 3.31. The molecule has 1 amide bonds. The van der Waals surface area contributed by atoms with Crippen LogP contribution in [0.5, 0.6) is 0 Å². The van der Waals surface area contributed by atoms with Gasteiger partial charge in [-0.2, -0.15) is 0 Å². The van der Waals surface area contributed by atoms with Crippen molar-refractivity contribution in [2.75, 3.05) is 20.6 Å². The van der Waals surface area contributed by atoms with Crippen molar-refractivity contribution in [1.82, 2.24) is 9.80 Å². The highest BCUT2D eigenvalue weighted by molar-refractivity contribution is 5.82. The van der Waals surface area contributed by atoms with Gasteiger partial charge in [0.2, 0.25) is 5.91 Å². The van der Waals surface area contributed by atoms with Crippen molar-refractivity contribution in [2.24, 2.45) is 0 Å². The average molecular weight is 184 g/mol. The predicted molar refractivity (Wildman–Crippen MR) is 53.6 cm³/mol. The molecule has 0 aromatic heterocycles. The standard InChI is InChI=1S/C10H20N2O/c1-8(2)12(4)10(13)9-6-5-7-11(9)3/h8-9H,5-7H2,1-4H3/t9-/m0/s1. The van der Waals surface area contributed by atoms with Gasteiger partial charge in [0.1, 0.15) is 0 Å². The molecule has 0 bridgehead atoms. The van der Waals surface area contributed by atoms with Gasteiger partial charge in [-0.25, -0.2) is 0 Å². The van der Waals surface area contributed by atoms with Crippen LogP contribution in [-0.2, 0) is 4.79 Å². The number of hydrogen-bond acceptors (Lipinski definition) is 2. The summed E-state index contributed by atoms with van der Waals surface area (Å²) in [5.41, 5.74) is 0. The van der Waals surface area contributed by atoms with Gasteiger partial charge in [0.05, 0.1) is 6.04 Å². The predicted octanol–water partition coefficient (Wildman–Crippen LogP) is 0.947. The molecule has 0 unspecified atom stereocenters. The molecule has 1 atom stereocenters. The van der Waals surface area contributed by atoms with Crippen LogP contribution in [0.3, 0.4) is 0 Å². The summed E-state index contributed by atoms with van der Waals surface area (Å²) in [5.74, 6) is 0.273. The third-order valence-corrected chi connectivity index (χ3v) is 2.93. The van der Waals surface area contributed by atoms with Crippen molar-refractivity contribution in [3.8, 4) is 0 Å². The molecule has 1 aliphatic rings. The van der Waals surface area contributed by atoms with Crippen molar-refractivity contribution in [2.45, 2.75) is 38.8 Å². The highest BCUT2D eigenvalue weighted by Gasteiger charge is 2.30. The molecule has 0 aromatic rings. The molecule has 0 spiro atoms. The summed E-state index contributed by atoms with van der Waals surface area (Å²) in [4.78, 5) is 15.9. The quantitative estimate of drug-likeness (QED) is 0.638. The number of rotatable bonds is 2. The Labute approximate surface area is 80.7 Å². The molecule has 1 saturated heterocycles. The third-order valence-electron chi connectivity index (χ3n) is 2.93. The Morgan fingerprint density at radius 1 is 1.54 bits per heavy atom. The number of nitrogens with zero attached hydrogens (tertiary/aromatic N) is 2. The van der Waals surface area contributed by atoms with E-state index in [1.54, 1.807) is 0 Å². The number of amides is 1. The van der Waals surface area contributed by atoms with Gasteiger partial charge < -0.3 is 4.90 Å².